The van der Waals surface area contributed by atoms with Crippen LogP contribution >= 0.6 is 0 Å². The molecule has 2 aromatic heterocycles. The molecule has 0 aliphatic carbocycles. The molecule has 1 aliphatic heterocycles. The molecule has 3 rings (SSSR count). The third kappa shape index (κ3) is 5.06. The quantitative estimate of drug-likeness (QED) is 0.819. The number of aryl methyl sites for hydroxylation is 2. The summed E-state index contributed by atoms with van der Waals surface area (Å²) in [6, 6.07) is 9.60. The number of hydrogen-bond acceptors (Lipinski definition) is 5. The fraction of sp³-hybridized carbons (Fsp3) is 0.429. The summed E-state index contributed by atoms with van der Waals surface area (Å²) < 4.78 is 0. The monoisotopic (exact) mass is 381 g/mol. The second-order valence-electron chi connectivity index (χ2n) is 7.11. The van der Waals surface area contributed by atoms with Crippen molar-refractivity contribution in [1.29, 1.82) is 0 Å². The molecule has 2 bridgehead atoms. The van der Waals surface area contributed by atoms with Crippen LogP contribution in [0.2, 0.25) is 0 Å². The second-order valence-corrected chi connectivity index (χ2v) is 7.11. The van der Waals surface area contributed by atoms with Crippen molar-refractivity contribution < 1.29 is 9.59 Å². The molecule has 0 aromatic carbocycles. The lowest BCUT2D eigenvalue weighted by atomic mass is 10.1. The average molecular weight is 381 g/mol. The number of likely N-dealkylation sites (N-methyl/N-ethyl adjacent to an activating group) is 1. The van der Waals surface area contributed by atoms with Crippen molar-refractivity contribution in [3.63, 3.8) is 0 Å². The Morgan fingerprint density at radius 3 is 2.82 bits per heavy atom. The van der Waals surface area contributed by atoms with Crippen LogP contribution in [-0.2, 0) is 11.2 Å². The van der Waals surface area contributed by atoms with Gasteiger partial charge in [-0.25, -0.2) is 4.98 Å². The highest BCUT2D eigenvalue weighted by molar-refractivity contribution is 5.96. The number of anilines is 1. The van der Waals surface area contributed by atoms with Crippen LogP contribution in [-0.4, -0.2) is 64.8 Å². The SMILES string of the molecule is Cc1cccnc1C(=O)N1CCCc2cccc(n2)NCCCN(C)C(=O)C1. The van der Waals surface area contributed by atoms with E-state index in [4.69, 9.17) is 0 Å². The van der Waals surface area contributed by atoms with Crippen LogP contribution in [0.25, 0.3) is 0 Å². The Morgan fingerprint density at radius 1 is 1.14 bits per heavy atom. The van der Waals surface area contributed by atoms with Gasteiger partial charge in [-0.3, -0.25) is 14.6 Å². The maximum absolute atomic E-state index is 13.1. The van der Waals surface area contributed by atoms with Gasteiger partial charge in [-0.15, -0.1) is 0 Å². The van der Waals surface area contributed by atoms with Crippen LogP contribution in [0.3, 0.4) is 0 Å². The van der Waals surface area contributed by atoms with Gasteiger partial charge in [-0.2, -0.15) is 0 Å². The summed E-state index contributed by atoms with van der Waals surface area (Å²) in [4.78, 5) is 37.9. The van der Waals surface area contributed by atoms with Crippen LogP contribution in [0.5, 0.6) is 0 Å². The average Bonchev–Trinajstić information content (AvgIpc) is 2.70. The van der Waals surface area contributed by atoms with Gasteiger partial charge in [0, 0.05) is 38.6 Å². The number of pyridine rings is 2. The van der Waals surface area contributed by atoms with Crippen molar-refractivity contribution in [3.8, 4) is 0 Å². The van der Waals surface area contributed by atoms with E-state index >= 15 is 0 Å². The predicted octanol–water partition coefficient (Wildman–Crippen LogP) is 2.13. The molecule has 0 spiro atoms. The standard InChI is InChI=1S/C21H27N5O2/c1-16-7-4-11-23-20(16)21(28)26-14-5-9-17-8-3-10-18(24-17)22-12-6-13-25(2)19(27)15-26/h3-4,7-8,10-11H,5-6,9,12-15H2,1-2H3,(H,22,24). The van der Waals surface area contributed by atoms with Crippen LogP contribution in [0.4, 0.5) is 5.82 Å². The van der Waals surface area contributed by atoms with Gasteiger partial charge in [0.2, 0.25) is 5.91 Å². The molecule has 0 radical (unpaired) electrons. The fourth-order valence-electron chi connectivity index (χ4n) is 3.22. The normalized spacial score (nSPS) is 16.3. The molecule has 7 heteroatoms. The van der Waals surface area contributed by atoms with Crippen LogP contribution in [0, 0.1) is 6.92 Å². The number of rotatable bonds is 1. The number of hydrogen-bond donors (Lipinski definition) is 1. The highest BCUT2D eigenvalue weighted by Gasteiger charge is 2.23. The summed E-state index contributed by atoms with van der Waals surface area (Å²) in [5.74, 6) is 0.589. The highest BCUT2D eigenvalue weighted by atomic mass is 16.2. The predicted molar refractivity (Wildman–Crippen MR) is 108 cm³/mol. The van der Waals surface area contributed by atoms with Gasteiger partial charge >= 0.3 is 0 Å². The Labute approximate surface area is 165 Å². The van der Waals surface area contributed by atoms with Gasteiger partial charge in [-0.1, -0.05) is 12.1 Å². The summed E-state index contributed by atoms with van der Waals surface area (Å²) in [5.41, 5.74) is 2.20. The molecule has 1 aliphatic rings. The van der Waals surface area contributed by atoms with E-state index in [2.05, 4.69) is 15.3 Å². The number of amides is 2. The van der Waals surface area contributed by atoms with Gasteiger partial charge < -0.3 is 15.1 Å². The van der Waals surface area contributed by atoms with E-state index in [0.717, 1.165) is 42.9 Å². The lowest BCUT2D eigenvalue weighted by molar-refractivity contribution is -0.130. The maximum atomic E-state index is 13.1. The molecule has 7 nitrogen and oxygen atoms in total. The van der Waals surface area contributed by atoms with Crippen molar-refractivity contribution >= 4 is 17.6 Å². The topological polar surface area (TPSA) is 78.4 Å². The third-order valence-electron chi connectivity index (χ3n) is 4.90. The first-order valence-corrected chi connectivity index (χ1v) is 9.69. The van der Waals surface area contributed by atoms with E-state index in [9.17, 15) is 9.59 Å². The van der Waals surface area contributed by atoms with Gasteiger partial charge in [-0.05, 0) is 49.9 Å². The minimum atomic E-state index is -0.199. The Kier molecular flexibility index (Phi) is 6.57. The lowest BCUT2D eigenvalue weighted by Gasteiger charge is -2.26. The zero-order valence-electron chi connectivity index (χ0n) is 16.5. The molecule has 0 saturated heterocycles. The first kappa shape index (κ1) is 19.8. The van der Waals surface area contributed by atoms with Gasteiger partial charge in [0.25, 0.3) is 5.91 Å². The van der Waals surface area contributed by atoms with E-state index < -0.39 is 0 Å². The van der Waals surface area contributed by atoms with Crippen LogP contribution in [0.15, 0.2) is 36.5 Å². The molecule has 0 atom stereocenters. The largest absolute Gasteiger partial charge is 0.370 e. The summed E-state index contributed by atoms with van der Waals surface area (Å²) in [5, 5.41) is 3.31. The van der Waals surface area contributed by atoms with E-state index in [0.29, 0.717) is 18.8 Å². The van der Waals surface area contributed by atoms with E-state index in [1.165, 1.54) is 0 Å². The van der Waals surface area contributed by atoms with Crippen LogP contribution in [0.1, 0.15) is 34.6 Å². The fourth-order valence-corrected chi connectivity index (χ4v) is 3.22. The molecule has 1 N–H and O–H groups in total. The number of nitrogens with one attached hydrogen (secondary N) is 1. The molecule has 2 aromatic rings. The Morgan fingerprint density at radius 2 is 2.00 bits per heavy atom. The minimum Gasteiger partial charge on any atom is -0.370 e. The third-order valence-corrected chi connectivity index (χ3v) is 4.90. The molecular weight excluding hydrogens is 354 g/mol. The van der Waals surface area contributed by atoms with Crippen molar-refractivity contribution in [2.24, 2.45) is 0 Å². The molecule has 0 saturated carbocycles. The summed E-state index contributed by atoms with van der Waals surface area (Å²) >= 11 is 0. The zero-order chi connectivity index (χ0) is 19.9. The first-order valence-electron chi connectivity index (χ1n) is 9.69. The molecular formula is C21H27N5O2. The maximum Gasteiger partial charge on any atom is 0.273 e. The molecule has 0 fully saturated rings. The van der Waals surface area contributed by atoms with Gasteiger partial charge in [0.05, 0.1) is 0 Å². The minimum absolute atomic E-state index is 0.0596. The van der Waals surface area contributed by atoms with E-state index in [1.807, 2.05) is 31.2 Å². The summed E-state index contributed by atoms with van der Waals surface area (Å²) in [7, 11) is 1.78. The molecule has 148 valence electrons. The van der Waals surface area contributed by atoms with Gasteiger partial charge in [0.15, 0.2) is 0 Å². The molecule has 0 unspecified atom stereocenters. The lowest BCUT2D eigenvalue weighted by Crippen LogP contribution is -2.43. The highest BCUT2D eigenvalue weighted by Crippen LogP contribution is 2.12. The molecule has 2 amide bonds. The number of nitrogens with zero attached hydrogens (tertiary/aromatic N) is 4. The summed E-state index contributed by atoms with van der Waals surface area (Å²) in [6.45, 7) is 3.76. The Hall–Kier alpha value is -2.96. The number of carbonyl (C=O) groups excluding carboxylic acids is 2. The zero-order valence-corrected chi connectivity index (χ0v) is 16.5. The van der Waals surface area contributed by atoms with Crippen molar-refractivity contribution in [3.05, 3.63) is 53.5 Å². The Balaban J connectivity index is 1.80. The first-order chi connectivity index (χ1) is 13.5. The van der Waals surface area contributed by atoms with Gasteiger partial charge in [0.1, 0.15) is 18.1 Å². The Bertz CT molecular complexity index is 839. The van der Waals surface area contributed by atoms with Crippen molar-refractivity contribution in [2.75, 3.05) is 38.5 Å². The van der Waals surface area contributed by atoms with E-state index in [-0.39, 0.29) is 18.4 Å². The van der Waals surface area contributed by atoms with Crippen molar-refractivity contribution in [2.45, 2.75) is 26.2 Å². The van der Waals surface area contributed by atoms with Crippen molar-refractivity contribution in [1.82, 2.24) is 19.8 Å². The molecule has 28 heavy (non-hydrogen) atoms. The smallest absolute Gasteiger partial charge is 0.273 e. The van der Waals surface area contributed by atoms with E-state index in [1.54, 1.807) is 29.1 Å². The second kappa shape index (κ2) is 9.30. The number of aromatic nitrogens is 2. The summed E-state index contributed by atoms with van der Waals surface area (Å²) in [6.07, 6.45) is 3.89. The van der Waals surface area contributed by atoms with Crippen LogP contribution < -0.4 is 5.32 Å². The number of carbonyl (C=O) groups is 2. The number of fused-ring (bicyclic) bond motifs is 2. The molecule has 3 heterocycles.